The van der Waals surface area contributed by atoms with Gasteiger partial charge in [-0.2, -0.15) is 0 Å². The zero-order chi connectivity index (χ0) is 8.27. The summed E-state index contributed by atoms with van der Waals surface area (Å²) in [6, 6.07) is 0. The average molecular weight is 155 g/mol. The molecule has 0 bridgehead atoms. The minimum atomic E-state index is -0.239. The van der Waals surface area contributed by atoms with E-state index in [9.17, 15) is 4.79 Å². The van der Waals surface area contributed by atoms with Gasteiger partial charge in [-0.3, -0.25) is 4.79 Å². The zero-order valence-electron chi connectivity index (χ0n) is 6.89. The molecule has 11 heavy (non-hydrogen) atoms. The lowest BCUT2D eigenvalue weighted by Crippen LogP contribution is -2.34. The number of nitrogens with two attached hydrogens (primary N) is 1. The van der Waals surface area contributed by atoms with Crippen molar-refractivity contribution < 1.29 is 4.79 Å². The van der Waals surface area contributed by atoms with E-state index in [0.717, 1.165) is 31.8 Å². The van der Waals surface area contributed by atoms with E-state index in [1.807, 2.05) is 6.92 Å². The Hall–Kier alpha value is -0.570. The van der Waals surface area contributed by atoms with Gasteiger partial charge in [0.15, 0.2) is 0 Å². The van der Waals surface area contributed by atoms with Gasteiger partial charge in [0.25, 0.3) is 0 Å². The summed E-state index contributed by atoms with van der Waals surface area (Å²) in [6.45, 7) is 3.86. The van der Waals surface area contributed by atoms with Gasteiger partial charge in [-0.15, -0.1) is 0 Å². The van der Waals surface area contributed by atoms with Gasteiger partial charge in [-0.1, -0.05) is 0 Å². The fourth-order valence-electron chi connectivity index (χ4n) is 1.46. The van der Waals surface area contributed by atoms with E-state index in [-0.39, 0.29) is 5.91 Å². The highest BCUT2D eigenvalue weighted by atomic mass is 16.1. The third-order valence-electron chi connectivity index (χ3n) is 2.34. The maximum absolute atomic E-state index is 10.8. The van der Waals surface area contributed by atoms with Gasteiger partial charge in [0.05, 0.1) is 5.92 Å². The number of amides is 1. The standard InChI is InChI=1S/C8H15N2O/c1-6(8(9)11)7-2-4-10-5-3-7/h7,10H,2-5H2,1H3,(H2,9,11). The largest absolute Gasteiger partial charge is 0.369 e. The Kier molecular flexibility index (Phi) is 2.88. The van der Waals surface area contributed by atoms with Gasteiger partial charge in [-0.05, 0) is 38.8 Å². The first-order valence-electron chi connectivity index (χ1n) is 4.06. The number of rotatable bonds is 2. The maximum atomic E-state index is 10.8. The second kappa shape index (κ2) is 3.72. The first-order valence-corrected chi connectivity index (χ1v) is 4.06. The van der Waals surface area contributed by atoms with Gasteiger partial charge >= 0.3 is 0 Å². The predicted octanol–water partition coefficient (Wildman–Crippen LogP) is 0.0657. The monoisotopic (exact) mass is 155 g/mol. The molecule has 1 aliphatic heterocycles. The van der Waals surface area contributed by atoms with Gasteiger partial charge in [0.2, 0.25) is 5.91 Å². The average Bonchev–Trinajstić information content (AvgIpc) is 2.05. The summed E-state index contributed by atoms with van der Waals surface area (Å²) in [5.74, 6) is 1.03. The molecule has 0 aliphatic carbocycles. The minimum absolute atomic E-state index is 0.239. The Morgan fingerprint density at radius 1 is 1.45 bits per heavy atom. The summed E-state index contributed by atoms with van der Waals surface area (Å²) in [4.78, 5) is 10.8. The number of piperidine rings is 1. The molecule has 3 nitrogen and oxygen atoms in total. The van der Waals surface area contributed by atoms with Crippen LogP contribution in [0.15, 0.2) is 0 Å². The van der Waals surface area contributed by atoms with E-state index < -0.39 is 0 Å². The lowest BCUT2D eigenvalue weighted by atomic mass is 9.86. The van der Waals surface area contributed by atoms with Crippen LogP contribution in [-0.2, 0) is 4.79 Å². The molecule has 1 fully saturated rings. The van der Waals surface area contributed by atoms with Gasteiger partial charge in [0, 0.05) is 0 Å². The smallest absolute Gasteiger partial charge is 0.224 e. The summed E-state index contributed by atoms with van der Waals surface area (Å²) in [5, 5.41) is 3.24. The van der Waals surface area contributed by atoms with Crippen molar-refractivity contribution in [2.24, 2.45) is 11.7 Å². The van der Waals surface area contributed by atoms with Crippen LogP contribution in [0, 0.1) is 11.8 Å². The Morgan fingerprint density at radius 2 is 2.00 bits per heavy atom. The van der Waals surface area contributed by atoms with Crippen LogP contribution in [0.5, 0.6) is 0 Å². The predicted molar refractivity (Wildman–Crippen MR) is 43.7 cm³/mol. The second-order valence-corrected chi connectivity index (χ2v) is 3.07. The highest BCUT2D eigenvalue weighted by molar-refractivity contribution is 5.88. The fraction of sp³-hybridized carbons (Fsp3) is 0.750. The van der Waals surface area contributed by atoms with Crippen molar-refractivity contribution in [1.29, 1.82) is 0 Å². The summed E-state index contributed by atoms with van der Waals surface area (Å²) in [6.07, 6.45) is 2.10. The molecule has 63 valence electrons. The molecule has 0 aromatic heterocycles. The molecule has 0 saturated carbocycles. The van der Waals surface area contributed by atoms with E-state index in [1.54, 1.807) is 0 Å². The molecule has 1 amide bonds. The molecule has 0 unspecified atom stereocenters. The van der Waals surface area contributed by atoms with Crippen molar-refractivity contribution >= 4 is 5.91 Å². The van der Waals surface area contributed by atoms with Crippen LogP contribution in [0.1, 0.15) is 19.8 Å². The number of carbonyl (C=O) groups is 1. The molecule has 1 rings (SSSR count). The fourth-order valence-corrected chi connectivity index (χ4v) is 1.46. The lowest BCUT2D eigenvalue weighted by Gasteiger charge is -2.25. The first kappa shape index (κ1) is 8.53. The van der Waals surface area contributed by atoms with Crippen LogP contribution in [0.25, 0.3) is 0 Å². The van der Waals surface area contributed by atoms with Crippen molar-refractivity contribution in [1.82, 2.24) is 5.32 Å². The SMILES string of the molecule is C[C](C(N)=O)C1CCNCC1. The number of hydrogen-bond acceptors (Lipinski definition) is 2. The van der Waals surface area contributed by atoms with Crippen LogP contribution < -0.4 is 11.1 Å². The Morgan fingerprint density at radius 3 is 2.45 bits per heavy atom. The molecule has 1 aliphatic rings. The Labute approximate surface area is 67.3 Å². The van der Waals surface area contributed by atoms with Crippen molar-refractivity contribution in [2.75, 3.05) is 13.1 Å². The van der Waals surface area contributed by atoms with Crippen LogP contribution in [0.2, 0.25) is 0 Å². The van der Waals surface area contributed by atoms with E-state index in [1.165, 1.54) is 0 Å². The maximum Gasteiger partial charge on any atom is 0.224 e. The van der Waals surface area contributed by atoms with Crippen molar-refractivity contribution in [3.05, 3.63) is 5.92 Å². The molecule has 0 spiro atoms. The molecule has 0 atom stereocenters. The van der Waals surface area contributed by atoms with Crippen molar-refractivity contribution in [3.63, 3.8) is 0 Å². The van der Waals surface area contributed by atoms with E-state index in [2.05, 4.69) is 5.32 Å². The second-order valence-electron chi connectivity index (χ2n) is 3.07. The molecular formula is C8H15N2O. The molecular weight excluding hydrogens is 140 g/mol. The molecule has 0 aromatic carbocycles. The third kappa shape index (κ3) is 2.19. The summed E-state index contributed by atoms with van der Waals surface area (Å²) < 4.78 is 0. The number of nitrogens with one attached hydrogen (secondary N) is 1. The third-order valence-corrected chi connectivity index (χ3v) is 2.34. The van der Waals surface area contributed by atoms with Crippen LogP contribution in [0.4, 0.5) is 0 Å². The lowest BCUT2D eigenvalue weighted by molar-refractivity contribution is -0.117. The first-order chi connectivity index (χ1) is 5.22. The molecule has 3 heteroatoms. The normalized spacial score (nSPS) is 20.5. The minimum Gasteiger partial charge on any atom is -0.369 e. The molecule has 0 aromatic rings. The molecule has 1 radical (unpaired) electrons. The number of carbonyl (C=O) groups excluding carboxylic acids is 1. The number of primary amides is 1. The quantitative estimate of drug-likeness (QED) is 0.592. The highest BCUT2D eigenvalue weighted by Crippen LogP contribution is 2.22. The number of hydrogen-bond donors (Lipinski definition) is 2. The van der Waals surface area contributed by atoms with Crippen molar-refractivity contribution in [3.8, 4) is 0 Å². The van der Waals surface area contributed by atoms with Crippen LogP contribution in [-0.4, -0.2) is 19.0 Å². The molecule has 3 N–H and O–H groups in total. The summed E-state index contributed by atoms with van der Waals surface area (Å²) in [7, 11) is 0. The molecule has 1 saturated heterocycles. The van der Waals surface area contributed by atoms with Gasteiger partial charge in [-0.25, -0.2) is 0 Å². The van der Waals surface area contributed by atoms with Gasteiger partial charge in [0.1, 0.15) is 0 Å². The topological polar surface area (TPSA) is 55.1 Å². The van der Waals surface area contributed by atoms with Gasteiger partial charge < -0.3 is 11.1 Å². The van der Waals surface area contributed by atoms with E-state index >= 15 is 0 Å². The van der Waals surface area contributed by atoms with Crippen LogP contribution in [0.3, 0.4) is 0 Å². The summed E-state index contributed by atoms with van der Waals surface area (Å²) in [5.41, 5.74) is 5.17. The van der Waals surface area contributed by atoms with Crippen LogP contribution >= 0.6 is 0 Å². The molecule has 1 heterocycles. The van der Waals surface area contributed by atoms with E-state index in [4.69, 9.17) is 5.73 Å². The highest BCUT2D eigenvalue weighted by Gasteiger charge is 2.23. The summed E-state index contributed by atoms with van der Waals surface area (Å²) >= 11 is 0. The zero-order valence-corrected chi connectivity index (χ0v) is 6.89. The Bertz CT molecular complexity index is 141. The van der Waals surface area contributed by atoms with E-state index in [0.29, 0.717) is 5.92 Å². The van der Waals surface area contributed by atoms with Crippen molar-refractivity contribution in [2.45, 2.75) is 19.8 Å². The Balaban J connectivity index is 2.38.